The van der Waals surface area contributed by atoms with Crippen LogP contribution in [-0.2, 0) is 0 Å². The van der Waals surface area contributed by atoms with E-state index in [-0.39, 0.29) is 6.03 Å². The highest BCUT2D eigenvalue weighted by atomic mass is 16.2. The molecule has 2 amide bonds. The van der Waals surface area contributed by atoms with Crippen LogP contribution in [0.3, 0.4) is 0 Å². The fourth-order valence-electron chi connectivity index (χ4n) is 2.39. The summed E-state index contributed by atoms with van der Waals surface area (Å²) in [5.41, 5.74) is 0. The summed E-state index contributed by atoms with van der Waals surface area (Å²) in [6.07, 6.45) is 2.37. The van der Waals surface area contributed by atoms with Crippen LogP contribution in [0.2, 0.25) is 0 Å². The van der Waals surface area contributed by atoms with Crippen molar-refractivity contribution in [1.29, 1.82) is 0 Å². The molecular weight excluding hydrogens is 176 g/mol. The Balaban J connectivity index is 1.92. The van der Waals surface area contributed by atoms with Gasteiger partial charge >= 0.3 is 6.03 Å². The smallest absolute Gasteiger partial charge is 0.320 e. The normalized spacial score (nSPS) is 32.7. The Bertz CT molecular complexity index is 213. The Morgan fingerprint density at radius 2 is 1.50 bits per heavy atom. The quantitative estimate of drug-likeness (QED) is 0.579. The topological polar surface area (TPSA) is 23.6 Å². The molecule has 0 bridgehead atoms. The highest BCUT2D eigenvalue weighted by Gasteiger charge is 2.32. The van der Waals surface area contributed by atoms with Crippen LogP contribution < -0.4 is 0 Å². The molecular formula is C11H20N2O. The molecule has 0 aromatic rings. The number of nitrogens with zero attached hydrogens (tertiary/aromatic N) is 2. The molecule has 2 fully saturated rings. The van der Waals surface area contributed by atoms with Crippen LogP contribution in [-0.4, -0.2) is 42.0 Å². The van der Waals surface area contributed by atoms with Crippen LogP contribution in [0.15, 0.2) is 0 Å². The zero-order chi connectivity index (χ0) is 10.1. The van der Waals surface area contributed by atoms with Crippen LogP contribution in [0.4, 0.5) is 4.79 Å². The second kappa shape index (κ2) is 3.79. The van der Waals surface area contributed by atoms with E-state index in [0.717, 1.165) is 26.2 Å². The maximum atomic E-state index is 12.0. The van der Waals surface area contributed by atoms with Gasteiger partial charge in [-0.05, 0) is 24.7 Å². The lowest BCUT2D eigenvalue weighted by atomic mass is 10.0. The second-order valence-electron chi connectivity index (χ2n) is 4.84. The van der Waals surface area contributed by atoms with Crippen LogP contribution in [0.25, 0.3) is 0 Å². The third kappa shape index (κ3) is 1.72. The highest BCUT2D eigenvalue weighted by molar-refractivity contribution is 5.75. The maximum Gasteiger partial charge on any atom is 0.320 e. The standard InChI is InChI=1S/C11H20N2O/c1-9-7-13(8-10(9)2)11(14)12-5-3-4-6-12/h9-10H,3-8H2,1-2H3. The summed E-state index contributed by atoms with van der Waals surface area (Å²) in [4.78, 5) is 16.0. The molecule has 3 heteroatoms. The Labute approximate surface area is 86.1 Å². The number of rotatable bonds is 0. The number of urea groups is 1. The van der Waals surface area contributed by atoms with Gasteiger partial charge in [-0.2, -0.15) is 0 Å². The van der Waals surface area contributed by atoms with E-state index in [1.54, 1.807) is 0 Å². The Morgan fingerprint density at radius 3 is 2.00 bits per heavy atom. The minimum absolute atomic E-state index is 0.277. The zero-order valence-electron chi connectivity index (χ0n) is 9.20. The van der Waals surface area contributed by atoms with E-state index in [1.165, 1.54) is 12.8 Å². The maximum absolute atomic E-state index is 12.0. The molecule has 0 spiro atoms. The first-order chi connectivity index (χ1) is 6.68. The van der Waals surface area contributed by atoms with Gasteiger partial charge in [0.2, 0.25) is 0 Å². The lowest BCUT2D eigenvalue weighted by molar-refractivity contribution is 0.171. The molecule has 80 valence electrons. The minimum atomic E-state index is 0.277. The first-order valence-electron chi connectivity index (χ1n) is 5.72. The summed E-state index contributed by atoms with van der Waals surface area (Å²) in [5.74, 6) is 1.34. The van der Waals surface area contributed by atoms with Crippen molar-refractivity contribution in [2.24, 2.45) is 11.8 Å². The minimum Gasteiger partial charge on any atom is -0.325 e. The molecule has 0 N–H and O–H groups in total. The van der Waals surface area contributed by atoms with Crippen molar-refractivity contribution in [3.8, 4) is 0 Å². The molecule has 14 heavy (non-hydrogen) atoms. The van der Waals surface area contributed by atoms with Gasteiger partial charge in [0.15, 0.2) is 0 Å². The van der Waals surface area contributed by atoms with Gasteiger partial charge in [0.1, 0.15) is 0 Å². The average molecular weight is 196 g/mol. The molecule has 0 radical (unpaired) electrons. The molecule has 0 aromatic heterocycles. The summed E-state index contributed by atoms with van der Waals surface area (Å²) in [6.45, 7) is 8.33. The van der Waals surface area contributed by atoms with Gasteiger partial charge in [-0.3, -0.25) is 0 Å². The molecule has 0 saturated carbocycles. The number of amides is 2. The van der Waals surface area contributed by atoms with Crippen molar-refractivity contribution in [3.05, 3.63) is 0 Å². The van der Waals surface area contributed by atoms with E-state index >= 15 is 0 Å². The average Bonchev–Trinajstić information content (AvgIpc) is 2.76. The van der Waals surface area contributed by atoms with Gasteiger partial charge in [-0.15, -0.1) is 0 Å². The third-order valence-electron chi connectivity index (χ3n) is 3.64. The first-order valence-corrected chi connectivity index (χ1v) is 5.72. The third-order valence-corrected chi connectivity index (χ3v) is 3.64. The molecule has 0 aliphatic carbocycles. The Hall–Kier alpha value is -0.730. The molecule has 2 heterocycles. The molecule has 2 saturated heterocycles. The van der Waals surface area contributed by atoms with Gasteiger partial charge in [0.25, 0.3) is 0 Å². The predicted octanol–water partition coefficient (Wildman–Crippen LogP) is 1.79. The lowest BCUT2D eigenvalue weighted by Gasteiger charge is -2.23. The number of hydrogen-bond acceptors (Lipinski definition) is 1. The van der Waals surface area contributed by atoms with Crippen molar-refractivity contribution in [2.75, 3.05) is 26.2 Å². The summed E-state index contributed by atoms with van der Waals surface area (Å²) < 4.78 is 0. The fraction of sp³-hybridized carbons (Fsp3) is 0.909. The van der Waals surface area contributed by atoms with E-state index in [4.69, 9.17) is 0 Å². The molecule has 2 aliphatic heterocycles. The van der Waals surface area contributed by atoms with Crippen LogP contribution in [0, 0.1) is 11.8 Å². The van der Waals surface area contributed by atoms with Crippen molar-refractivity contribution in [2.45, 2.75) is 26.7 Å². The fourth-order valence-corrected chi connectivity index (χ4v) is 2.39. The van der Waals surface area contributed by atoms with Gasteiger partial charge in [0, 0.05) is 26.2 Å². The van der Waals surface area contributed by atoms with Gasteiger partial charge < -0.3 is 9.80 Å². The molecule has 2 atom stereocenters. The van der Waals surface area contributed by atoms with Gasteiger partial charge in [-0.1, -0.05) is 13.8 Å². The Morgan fingerprint density at radius 1 is 1.00 bits per heavy atom. The van der Waals surface area contributed by atoms with Gasteiger partial charge in [0.05, 0.1) is 0 Å². The molecule has 3 nitrogen and oxygen atoms in total. The van der Waals surface area contributed by atoms with Crippen LogP contribution >= 0.6 is 0 Å². The Kier molecular flexibility index (Phi) is 2.66. The van der Waals surface area contributed by atoms with Crippen molar-refractivity contribution in [3.63, 3.8) is 0 Å². The largest absolute Gasteiger partial charge is 0.325 e. The van der Waals surface area contributed by atoms with Gasteiger partial charge in [-0.25, -0.2) is 4.79 Å². The number of carbonyl (C=O) groups is 1. The summed E-state index contributed by atoms with van der Waals surface area (Å²) in [6, 6.07) is 0.277. The highest BCUT2D eigenvalue weighted by Crippen LogP contribution is 2.24. The van der Waals surface area contributed by atoms with E-state index < -0.39 is 0 Å². The molecule has 2 unspecified atom stereocenters. The van der Waals surface area contributed by atoms with E-state index in [2.05, 4.69) is 13.8 Å². The van der Waals surface area contributed by atoms with E-state index in [1.807, 2.05) is 9.80 Å². The summed E-state index contributed by atoms with van der Waals surface area (Å²) in [7, 11) is 0. The van der Waals surface area contributed by atoms with Crippen molar-refractivity contribution in [1.82, 2.24) is 9.80 Å². The monoisotopic (exact) mass is 196 g/mol. The lowest BCUT2D eigenvalue weighted by Crippen LogP contribution is -2.40. The first kappa shape index (κ1) is 9.81. The number of likely N-dealkylation sites (tertiary alicyclic amines) is 2. The van der Waals surface area contributed by atoms with Crippen molar-refractivity contribution < 1.29 is 4.79 Å². The van der Waals surface area contributed by atoms with Crippen LogP contribution in [0.1, 0.15) is 26.7 Å². The SMILES string of the molecule is CC1CN(C(=O)N2CCCC2)CC1C. The van der Waals surface area contributed by atoms with E-state index in [9.17, 15) is 4.79 Å². The van der Waals surface area contributed by atoms with Crippen LogP contribution in [0.5, 0.6) is 0 Å². The summed E-state index contributed by atoms with van der Waals surface area (Å²) in [5, 5.41) is 0. The molecule has 2 rings (SSSR count). The summed E-state index contributed by atoms with van der Waals surface area (Å²) >= 11 is 0. The molecule has 2 aliphatic rings. The predicted molar refractivity (Wildman–Crippen MR) is 56.1 cm³/mol. The molecule has 0 aromatic carbocycles. The van der Waals surface area contributed by atoms with Crippen molar-refractivity contribution >= 4 is 6.03 Å². The number of hydrogen-bond donors (Lipinski definition) is 0. The second-order valence-corrected chi connectivity index (χ2v) is 4.84. The zero-order valence-corrected chi connectivity index (χ0v) is 9.20. The number of carbonyl (C=O) groups excluding carboxylic acids is 1. The van der Waals surface area contributed by atoms with E-state index in [0.29, 0.717) is 11.8 Å².